The van der Waals surface area contributed by atoms with Crippen LogP contribution in [0.2, 0.25) is 10.0 Å². The van der Waals surface area contributed by atoms with Gasteiger partial charge in [-0.25, -0.2) is 8.42 Å². The van der Waals surface area contributed by atoms with Crippen molar-refractivity contribution in [3.8, 4) is 5.75 Å². The number of hydrogen-bond donors (Lipinski definition) is 1. The largest absolute Gasteiger partial charge is 0.495 e. The van der Waals surface area contributed by atoms with Crippen molar-refractivity contribution < 1.29 is 22.7 Å². The molecular formula is C33H33Cl2N3O5S. The highest BCUT2D eigenvalue weighted by Crippen LogP contribution is 2.35. The maximum absolute atomic E-state index is 14.4. The Hall–Kier alpha value is -4.05. The summed E-state index contributed by atoms with van der Waals surface area (Å²) in [5, 5.41) is 3.31. The van der Waals surface area contributed by atoms with Crippen LogP contribution in [-0.2, 0) is 32.6 Å². The first-order valence-corrected chi connectivity index (χ1v) is 16.0. The van der Waals surface area contributed by atoms with E-state index in [4.69, 9.17) is 27.9 Å². The molecule has 4 aromatic rings. The molecule has 0 bridgehead atoms. The first-order valence-electron chi connectivity index (χ1n) is 13.8. The quantitative estimate of drug-likeness (QED) is 0.206. The Labute approximate surface area is 268 Å². The van der Waals surface area contributed by atoms with Crippen molar-refractivity contribution in [1.29, 1.82) is 0 Å². The van der Waals surface area contributed by atoms with E-state index < -0.39 is 34.4 Å². The average molecular weight is 655 g/mol. The van der Waals surface area contributed by atoms with E-state index in [0.29, 0.717) is 10.6 Å². The first kappa shape index (κ1) is 32.9. The van der Waals surface area contributed by atoms with Gasteiger partial charge in [-0.1, -0.05) is 89.4 Å². The zero-order chi connectivity index (χ0) is 31.9. The summed E-state index contributed by atoms with van der Waals surface area (Å²) in [6, 6.07) is 26.1. The summed E-state index contributed by atoms with van der Waals surface area (Å²) in [6.45, 7) is 1.14. The Morgan fingerprint density at radius 3 is 2.20 bits per heavy atom. The van der Waals surface area contributed by atoms with E-state index in [0.717, 1.165) is 15.4 Å². The van der Waals surface area contributed by atoms with Crippen molar-refractivity contribution in [2.24, 2.45) is 0 Å². The van der Waals surface area contributed by atoms with Gasteiger partial charge in [0.05, 0.1) is 17.7 Å². The van der Waals surface area contributed by atoms with Gasteiger partial charge in [-0.3, -0.25) is 13.9 Å². The van der Waals surface area contributed by atoms with Gasteiger partial charge in [0.25, 0.3) is 10.0 Å². The Morgan fingerprint density at radius 1 is 0.909 bits per heavy atom. The fourth-order valence-electron chi connectivity index (χ4n) is 4.74. The number of benzene rings is 4. The van der Waals surface area contributed by atoms with E-state index in [2.05, 4.69) is 5.32 Å². The molecule has 4 rings (SSSR count). The summed E-state index contributed by atoms with van der Waals surface area (Å²) in [7, 11) is -1.43. The fraction of sp³-hybridized carbons (Fsp3) is 0.212. The number of hydrogen-bond acceptors (Lipinski definition) is 5. The van der Waals surface area contributed by atoms with Crippen LogP contribution < -0.4 is 14.4 Å². The normalized spacial score (nSPS) is 11.8. The van der Waals surface area contributed by atoms with Gasteiger partial charge in [0.2, 0.25) is 11.8 Å². The molecule has 0 aliphatic carbocycles. The molecule has 2 amide bonds. The van der Waals surface area contributed by atoms with Crippen LogP contribution in [0.5, 0.6) is 5.75 Å². The summed E-state index contributed by atoms with van der Waals surface area (Å²) < 4.78 is 34.9. The van der Waals surface area contributed by atoms with E-state index in [1.807, 2.05) is 37.3 Å². The summed E-state index contributed by atoms with van der Waals surface area (Å²) in [5.74, 6) is -0.850. The minimum Gasteiger partial charge on any atom is -0.495 e. The topological polar surface area (TPSA) is 96.0 Å². The second-order valence-electron chi connectivity index (χ2n) is 10.1. The molecule has 0 saturated heterocycles. The number of nitrogens with zero attached hydrogens (tertiary/aromatic N) is 2. The monoisotopic (exact) mass is 653 g/mol. The highest BCUT2D eigenvalue weighted by Gasteiger charge is 2.35. The van der Waals surface area contributed by atoms with E-state index in [-0.39, 0.29) is 34.3 Å². The van der Waals surface area contributed by atoms with Gasteiger partial charge in [0, 0.05) is 30.1 Å². The third-order valence-electron chi connectivity index (χ3n) is 7.11. The van der Waals surface area contributed by atoms with E-state index >= 15 is 0 Å². The molecule has 230 valence electrons. The minimum atomic E-state index is -4.32. The summed E-state index contributed by atoms with van der Waals surface area (Å²) in [5.41, 5.74) is 2.36. The minimum absolute atomic E-state index is 0.0253. The molecular weight excluding hydrogens is 621 g/mol. The maximum Gasteiger partial charge on any atom is 0.264 e. The molecule has 4 aromatic carbocycles. The number of aryl methyl sites for hydroxylation is 1. The van der Waals surface area contributed by atoms with Gasteiger partial charge < -0.3 is 15.0 Å². The molecule has 0 aliphatic heterocycles. The van der Waals surface area contributed by atoms with Crippen LogP contribution in [0, 0.1) is 6.92 Å². The molecule has 1 atom stereocenters. The molecule has 0 heterocycles. The lowest BCUT2D eigenvalue weighted by molar-refractivity contribution is -0.139. The lowest BCUT2D eigenvalue weighted by Gasteiger charge is -2.34. The molecule has 8 nitrogen and oxygen atoms in total. The molecule has 0 spiro atoms. The fourth-order valence-corrected chi connectivity index (χ4v) is 6.52. The molecule has 1 N–H and O–H groups in total. The number of carbonyl (C=O) groups excluding carboxylic acids is 2. The SMILES string of the molecule is CNC(=O)C(Cc1ccccc1)N(Cc1ccccc1Cl)C(=O)CN(c1cc(Cl)ccc1OC)S(=O)(=O)c1ccc(C)cc1. The number of ether oxygens (including phenoxy) is 1. The van der Waals surface area contributed by atoms with Gasteiger partial charge in [0.1, 0.15) is 18.3 Å². The van der Waals surface area contributed by atoms with Gasteiger partial charge in [-0.05, 0) is 54.4 Å². The molecule has 1 unspecified atom stereocenters. The number of sulfonamides is 1. The Kier molecular flexibility index (Phi) is 10.9. The smallest absolute Gasteiger partial charge is 0.264 e. The van der Waals surface area contributed by atoms with E-state index in [1.165, 1.54) is 43.3 Å². The third-order valence-corrected chi connectivity index (χ3v) is 9.49. The molecule has 11 heteroatoms. The highest BCUT2D eigenvalue weighted by molar-refractivity contribution is 7.92. The van der Waals surface area contributed by atoms with Crippen molar-refractivity contribution in [3.63, 3.8) is 0 Å². The number of amides is 2. The lowest BCUT2D eigenvalue weighted by atomic mass is 10.0. The number of halogens is 2. The van der Waals surface area contributed by atoms with Crippen LogP contribution in [0.4, 0.5) is 5.69 Å². The highest BCUT2D eigenvalue weighted by atomic mass is 35.5. The maximum atomic E-state index is 14.4. The number of nitrogens with one attached hydrogen (secondary N) is 1. The van der Waals surface area contributed by atoms with Crippen LogP contribution in [0.25, 0.3) is 0 Å². The Morgan fingerprint density at radius 2 is 1.57 bits per heavy atom. The van der Waals surface area contributed by atoms with Crippen LogP contribution in [0.3, 0.4) is 0 Å². The molecule has 0 saturated carbocycles. The van der Waals surface area contributed by atoms with E-state index in [1.54, 1.807) is 42.5 Å². The second-order valence-corrected chi connectivity index (χ2v) is 12.8. The molecule has 0 radical (unpaired) electrons. The number of methoxy groups -OCH3 is 1. The predicted molar refractivity (Wildman–Crippen MR) is 174 cm³/mol. The van der Waals surface area contributed by atoms with Crippen LogP contribution in [0.1, 0.15) is 16.7 Å². The van der Waals surface area contributed by atoms with Gasteiger partial charge in [0.15, 0.2) is 0 Å². The van der Waals surface area contributed by atoms with Crippen molar-refractivity contribution in [2.45, 2.75) is 30.8 Å². The Bertz CT molecular complexity index is 1720. The van der Waals surface area contributed by atoms with E-state index in [9.17, 15) is 18.0 Å². The van der Waals surface area contributed by atoms with Crippen molar-refractivity contribution in [1.82, 2.24) is 10.2 Å². The van der Waals surface area contributed by atoms with Gasteiger partial charge >= 0.3 is 0 Å². The third kappa shape index (κ3) is 7.72. The molecule has 0 aromatic heterocycles. The zero-order valence-electron chi connectivity index (χ0n) is 24.5. The average Bonchev–Trinajstić information content (AvgIpc) is 3.02. The van der Waals surface area contributed by atoms with Crippen LogP contribution >= 0.6 is 23.2 Å². The molecule has 0 aliphatic rings. The van der Waals surface area contributed by atoms with Crippen molar-refractivity contribution in [3.05, 3.63) is 124 Å². The zero-order valence-corrected chi connectivity index (χ0v) is 26.9. The summed E-state index contributed by atoms with van der Waals surface area (Å²) in [6.07, 6.45) is 0.182. The van der Waals surface area contributed by atoms with Crippen molar-refractivity contribution >= 4 is 50.7 Å². The second kappa shape index (κ2) is 14.6. The van der Waals surface area contributed by atoms with Crippen LogP contribution in [0.15, 0.2) is 102 Å². The Balaban J connectivity index is 1.85. The molecule has 44 heavy (non-hydrogen) atoms. The van der Waals surface area contributed by atoms with Gasteiger partial charge in [-0.15, -0.1) is 0 Å². The molecule has 0 fully saturated rings. The lowest BCUT2D eigenvalue weighted by Crippen LogP contribution is -2.53. The number of rotatable bonds is 12. The van der Waals surface area contributed by atoms with Crippen molar-refractivity contribution in [2.75, 3.05) is 25.0 Å². The number of likely N-dealkylation sites (N-methyl/N-ethyl adjacent to an activating group) is 1. The first-order chi connectivity index (χ1) is 21.0. The predicted octanol–water partition coefficient (Wildman–Crippen LogP) is 5.89. The number of carbonyl (C=O) groups is 2. The summed E-state index contributed by atoms with van der Waals surface area (Å²) >= 11 is 12.8. The summed E-state index contributed by atoms with van der Waals surface area (Å²) in [4.78, 5) is 29.2. The number of anilines is 1. The standard InChI is InChI=1S/C33H33Cl2N3O5S/c1-23-13-16-27(17-14-23)44(41,42)38(29-20-26(34)15-18-31(29)43-3)22-32(39)37(21-25-11-7-8-12-28(25)35)30(33(40)36-2)19-24-9-5-4-6-10-24/h4-18,20,30H,19,21-22H2,1-3H3,(H,36,40). The van der Waals surface area contributed by atoms with Crippen LogP contribution in [-0.4, -0.2) is 51.9 Å². The van der Waals surface area contributed by atoms with Gasteiger partial charge in [-0.2, -0.15) is 0 Å².